The van der Waals surface area contributed by atoms with Gasteiger partial charge in [0.15, 0.2) is 0 Å². The maximum atomic E-state index is 11.5. The van der Waals surface area contributed by atoms with E-state index in [-0.39, 0.29) is 11.3 Å². The van der Waals surface area contributed by atoms with Crippen molar-refractivity contribution >= 4 is 17.1 Å². The minimum absolute atomic E-state index is 0.173. The van der Waals surface area contributed by atoms with Crippen LogP contribution in [0.1, 0.15) is 23.0 Å². The normalized spacial score (nSPS) is 10.8. The van der Waals surface area contributed by atoms with Crippen LogP contribution in [0, 0.1) is 0 Å². The molecule has 0 bridgehead atoms. The van der Waals surface area contributed by atoms with Gasteiger partial charge >= 0.3 is 5.97 Å². The number of aromatic carboxylic acids is 1. The molecule has 100 valence electrons. The minimum atomic E-state index is -1.01. The summed E-state index contributed by atoms with van der Waals surface area (Å²) in [6.07, 6.45) is 0.597. The lowest BCUT2D eigenvalue weighted by molar-refractivity contribution is 0.0699. The molecule has 0 atom stereocenters. The first-order valence-electron chi connectivity index (χ1n) is 6.28. The van der Waals surface area contributed by atoms with Crippen molar-refractivity contribution in [2.45, 2.75) is 13.3 Å². The van der Waals surface area contributed by atoms with Crippen molar-refractivity contribution in [1.29, 1.82) is 0 Å². The van der Waals surface area contributed by atoms with Crippen LogP contribution in [-0.4, -0.2) is 21.2 Å². The third-order valence-corrected chi connectivity index (χ3v) is 3.15. The van der Waals surface area contributed by atoms with Gasteiger partial charge in [0, 0.05) is 5.56 Å². The van der Waals surface area contributed by atoms with Crippen LogP contribution >= 0.6 is 0 Å². The highest BCUT2D eigenvalue weighted by atomic mass is 16.5. The number of carboxylic acids is 1. The molecule has 2 aromatic heterocycles. The summed E-state index contributed by atoms with van der Waals surface area (Å²) >= 11 is 0. The molecule has 0 aliphatic heterocycles. The zero-order chi connectivity index (χ0) is 14.1. The van der Waals surface area contributed by atoms with Crippen LogP contribution in [0.4, 0.5) is 0 Å². The van der Waals surface area contributed by atoms with Gasteiger partial charge in [0.2, 0.25) is 0 Å². The second-order valence-corrected chi connectivity index (χ2v) is 4.39. The van der Waals surface area contributed by atoms with E-state index in [9.17, 15) is 9.90 Å². The number of aromatic nitrogens is 2. The van der Waals surface area contributed by atoms with Crippen LogP contribution in [0.3, 0.4) is 0 Å². The molecular formula is C15H12N2O3. The molecule has 5 heteroatoms. The highest BCUT2D eigenvalue weighted by Gasteiger charge is 2.19. The smallest absolute Gasteiger partial charge is 0.336 e. The summed E-state index contributed by atoms with van der Waals surface area (Å²) in [5.74, 6) is -1.01. The molecule has 20 heavy (non-hydrogen) atoms. The number of hydrogen-bond acceptors (Lipinski definition) is 4. The fourth-order valence-corrected chi connectivity index (χ4v) is 2.18. The number of hydrogen-bond donors (Lipinski definition) is 1. The van der Waals surface area contributed by atoms with E-state index in [1.54, 1.807) is 6.07 Å². The zero-order valence-electron chi connectivity index (χ0n) is 10.8. The topological polar surface area (TPSA) is 76.2 Å². The van der Waals surface area contributed by atoms with Gasteiger partial charge in [0.1, 0.15) is 0 Å². The van der Waals surface area contributed by atoms with Crippen LogP contribution in [0.15, 0.2) is 40.9 Å². The van der Waals surface area contributed by atoms with Gasteiger partial charge in [0.05, 0.1) is 22.3 Å². The summed E-state index contributed by atoms with van der Waals surface area (Å²) in [5.41, 5.74) is 2.46. The van der Waals surface area contributed by atoms with Gasteiger partial charge in [-0.3, -0.25) is 0 Å². The molecule has 0 unspecified atom stereocenters. The molecule has 5 nitrogen and oxygen atoms in total. The number of carbonyl (C=O) groups is 1. The van der Waals surface area contributed by atoms with Crippen molar-refractivity contribution in [2.24, 2.45) is 0 Å². The fraction of sp³-hybridized carbons (Fsp3) is 0.133. The number of nitrogens with zero attached hydrogens (tertiary/aromatic N) is 2. The van der Waals surface area contributed by atoms with E-state index in [2.05, 4.69) is 10.1 Å². The van der Waals surface area contributed by atoms with Crippen LogP contribution in [-0.2, 0) is 6.42 Å². The molecule has 0 saturated carbocycles. The molecule has 0 aliphatic carbocycles. The molecule has 0 fully saturated rings. The van der Waals surface area contributed by atoms with Crippen LogP contribution < -0.4 is 0 Å². The largest absolute Gasteiger partial charge is 0.478 e. The van der Waals surface area contributed by atoms with Crippen molar-refractivity contribution in [3.8, 4) is 11.3 Å². The van der Waals surface area contributed by atoms with Gasteiger partial charge in [-0.1, -0.05) is 42.4 Å². The molecule has 0 saturated heterocycles. The number of carboxylic acid groups (broad SMARTS) is 1. The summed E-state index contributed by atoms with van der Waals surface area (Å²) < 4.78 is 5.17. The second kappa shape index (κ2) is 4.77. The average Bonchev–Trinajstić information content (AvgIpc) is 2.90. The van der Waals surface area contributed by atoms with Crippen LogP contribution in [0.2, 0.25) is 0 Å². The summed E-state index contributed by atoms with van der Waals surface area (Å²) in [6, 6.07) is 11.0. The first kappa shape index (κ1) is 12.3. The summed E-state index contributed by atoms with van der Waals surface area (Å²) in [7, 11) is 0. The lowest BCUT2D eigenvalue weighted by Crippen LogP contribution is -2.00. The molecule has 1 N–H and O–H groups in total. The Morgan fingerprint density at radius 2 is 2.05 bits per heavy atom. The summed E-state index contributed by atoms with van der Waals surface area (Å²) in [4.78, 5) is 15.8. The van der Waals surface area contributed by atoms with Gasteiger partial charge in [-0.2, -0.15) is 0 Å². The Labute approximate surface area is 114 Å². The predicted octanol–water partition coefficient (Wildman–Crippen LogP) is 3.15. The average molecular weight is 268 g/mol. The quantitative estimate of drug-likeness (QED) is 0.789. The third kappa shape index (κ3) is 1.93. The van der Waals surface area contributed by atoms with E-state index >= 15 is 0 Å². The van der Waals surface area contributed by atoms with E-state index in [1.165, 1.54) is 0 Å². The molecular weight excluding hydrogens is 256 g/mol. The Bertz CT molecular complexity index is 778. The minimum Gasteiger partial charge on any atom is -0.478 e. The van der Waals surface area contributed by atoms with E-state index in [0.717, 1.165) is 5.56 Å². The first-order valence-corrected chi connectivity index (χ1v) is 6.28. The highest BCUT2D eigenvalue weighted by Crippen LogP contribution is 2.27. The van der Waals surface area contributed by atoms with Crippen LogP contribution in [0.25, 0.3) is 22.4 Å². The third-order valence-electron chi connectivity index (χ3n) is 3.15. The molecule has 3 rings (SSSR count). The van der Waals surface area contributed by atoms with Gasteiger partial charge in [-0.05, 0) is 12.5 Å². The van der Waals surface area contributed by atoms with Crippen molar-refractivity contribution in [3.05, 3.63) is 47.7 Å². The molecule has 0 spiro atoms. The van der Waals surface area contributed by atoms with Gasteiger partial charge in [0.25, 0.3) is 5.71 Å². The van der Waals surface area contributed by atoms with Crippen molar-refractivity contribution < 1.29 is 14.4 Å². The summed E-state index contributed by atoms with van der Waals surface area (Å²) in [6.45, 7) is 1.90. The lowest BCUT2D eigenvalue weighted by atomic mass is 10.1. The van der Waals surface area contributed by atoms with E-state index in [1.807, 2.05) is 37.3 Å². The molecule has 2 heterocycles. The Kier molecular flexibility index (Phi) is 2.95. The number of fused-ring (bicyclic) bond motifs is 1. The van der Waals surface area contributed by atoms with Crippen LogP contribution in [0.5, 0.6) is 0 Å². The van der Waals surface area contributed by atoms with E-state index in [4.69, 9.17) is 4.52 Å². The standard InChI is InChI=1S/C15H12N2O3/c1-2-11-13-10(15(18)19)8-12(16-14(13)20-17-11)9-6-4-3-5-7-9/h3-8H,2H2,1H3,(H,18,19). The Morgan fingerprint density at radius 1 is 1.30 bits per heavy atom. The Balaban J connectivity index is 2.30. The number of rotatable bonds is 3. The molecule has 0 amide bonds. The van der Waals surface area contributed by atoms with Gasteiger partial charge < -0.3 is 9.63 Å². The van der Waals surface area contributed by atoms with Gasteiger partial charge in [-0.25, -0.2) is 9.78 Å². The molecule has 3 aromatic rings. The van der Waals surface area contributed by atoms with E-state index < -0.39 is 5.97 Å². The number of pyridine rings is 1. The SMILES string of the molecule is CCc1noc2nc(-c3ccccc3)cc(C(=O)O)c12. The van der Waals surface area contributed by atoms with Crippen molar-refractivity contribution in [2.75, 3.05) is 0 Å². The molecule has 1 aromatic carbocycles. The molecule has 0 aliphatic rings. The lowest BCUT2D eigenvalue weighted by Gasteiger charge is -2.03. The predicted molar refractivity (Wildman–Crippen MR) is 73.6 cm³/mol. The first-order chi connectivity index (χ1) is 9.70. The number of benzene rings is 1. The fourth-order valence-electron chi connectivity index (χ4n) is 2.18. The van der Waals surface area contributed by atoms with Gasteiger partial charge in [-0.15, -0.1) is 0 Å². The Hall–Kier alpha value is -2.69. The zero-order valence-corrected chi connectivity index (χ0v) is 10.8. The maximum absolute atomic E-state index is 11.5. The van der Waals surface area contributed by atoms with E-state index in [0.29, 0.717) is 23.2 Å². The monoisotopic (exact) mass is 268 g/mol. The molecule has 0 radical (unpaired) electrons. The second-order valence-electron chi connectivity index (χ2n) is 4.39. The number of aryl methyl sites for hydroxylation is 1. The Morgan fingerprint density at radius 3 is 2.70 bits per heavy atom. The highest BCUT2D eigenvalue weighted by molar-refractivity contribution is 6.03. The van der Waals surface area contributed by atoms with Crippen molar-refractivity contribution in [1.82, 2.24) is 10.1 Å². The van der Waals surface area contributed by atoms with Crippen molar-refractivity contribution in [3.63, 3.8) is 0 Å². The summed E-state index contributed by atoms with van der Waals surface area (Å²) in [5, 5.41) is 13.8. The maximum Gasteiger partial charge on any atom is 0.336 e.